The number of nitrogens with one attached hydrogen (secondary N) is 1. The van der Waals surface area contributed by atoms with Gasteiger partial charge >= 0.3 is 5.97 Å². The minimum atomic E-state index is -0.287. The molecule has 1 aliphatic carbocycles. The molecule has 0 bridgehead atoms. The summed E-state index contributed by atoms with van der Waals surface area (Å²) in [6.07, 6.45) is 4.85. The van der Waals surface area contributed by atoms with Crippen molar-refractivity contribution in [3.05, 3.63) is 0 Å². The maximum Gasteiger partial charge on any atom is 0.325 e. The van der Waals surface area contributed by atoms with Crippen molar-refractivity contribution in [3.8, 4) is 0 Å². The molecule has 1 aliphatic heterocycles. The monoisotopic (exact) mass is 268 g/mol. The summed E-state index contributed by atoms with van der Waals surface area (Å²) in [4.78, 5) is 25.6. The van der Waals surface area contributed by atoms with Crippen LogP contribution in [0.5, 0.6) is 0 Å². The standard InChI is InChI=1S/C14H24N2O3/c1-2-19-14(18)10-16(12-5-6-12)13(17)8-11-4-3-7-15-9-11/h11-12,15H,2-10H2,1H3. The van der Waals surface area contributed by atoms with Crippen LogP contribution in [-0.2, 0) is 14.3 Å². The van der Waals surface area contributed by atoms with Crippen molar-refractivity contribution < 1.29 is 14.3 Å². The van der Waals surface area contributed by atoms with Gasteiger partial charge in [-0.2, -0.15) is 0 Å². The van der Waals surface area contributed by atoms with Gasteiger partial charge in [0.15, 0.2) is 0 Å². The van der Waals surface area contributed by atoms with Crippen LogP contribution < -0.4 is 5.32 Å². The minimum absolute atomic E-state index is 0.115. The average molecular weight is 268 g/mol. The Morgan fingerprint density at radius 3 is 2.68 bits per heavy atom. The molecule has 2 fully saturated rings. The van der Waals surface area contributed by atoms with E-state index in [-0.39, 0.29) is 24.5 Å². The Kier molecular flexibility index (Phi) is 5.19. The molecule has 0 aromatic heterocycles. The number of carbonyl (C=O) groups excluding carboxylic acids is 2. The molecular weight excluding hydrogens is 244 g/mol. The lowest BCUT2D eigenvalue weighted by atomic mass is 9.95. The van der Waals surface area contributed by atoms with Gasteiger partial charge < -0.3 is 15.0 Å². The molecule has 5 nitrogen and oxygen atoms in total. The Hall–Kier alpha value is -1.10. The SMILES string of the molecule is CCOC(=O)CN(C(=O)CC1CCCNC1)C1CC1. The summed E-state index contributed by atoms with van der Waals surface area (Å²) in [5.74, 6) is 0.249. The zero-order valence-electron chi connectivity index (χ0n) is 11.7. The van der Waals surface area contributed by atoms with Gasteiger partial charge in [0.05, 0.1) is 6.61 Å². The topological polar surface area (TPSA) is 58.6 Å². The highest BCUT2D eigenvalue weighted by Gasteiger charge is 2.34. The van der Waals surface area contributed by atoms with E-state index in [0.717, 1.165) is 38.8 Å². The molecule has 1 N–H and O–H groups in total. The van der Waals surface area contributed by atoms with Crippen LogP contribution in [0.4, 0.5) is 0 Å². The molecule has 0 aromatic rings. The third kappa shape index (κ3) is 4.49. The molecule has 2 aliphatic rings. The first kappa shape index (κ1) is 14.3. The van der Waals surface area contributed by atoms with Crippen LogP contribution in [0.3, 0.4) is 0 Å². The predicted molar refractivity (Wildman–Crippen MR) is 71.6 cm³/mol. The van der Waals surface area contributed by atoms with Gasteiger partial charge in [0, 0.05) is 12.5 Å². The summed E-state index contributed by atoms with van der Waals surface area (Å²) in [6, 6.07) is 0.272. The lowest BCUT2D eigenvalue weighted by Gasteiger charge is -2.26. The van der Waals surface area contributed by atoms with E-state index in [0.29, 0.717) is 18.9 Å². The van der Waals surface area contributed by atoms with Crippen molar-refractivity contribution in [2.45, 2.75) is 45.1 Å². The normalized spacial score (nSPS) is 22.9. The Morgan fingerprint density at radius 1 is 1.32 bits per heavy atom. The molecule has 1 amide bonds. The number of nitrogens with zero attached hydrogens (tertiary/aromatic N) is 1. The summed E-state index contributed by atoms with van der Waals surface area (Å²) in [7, 11) is 0. The van der Waals surface area contributed by atoms with Crippen LogP contribution in [0.25, 0.3) is 0 Å². The zero-order valence-corrected chi connectivity index (χ0v) is 11.7. The second kappa shape index (κ2) is 6.89. The summed E-state index contributed by atoms with van der Waals surface area (Å²) in [6.45, 7) is 4.26. The number of ether oxygens (including phenoxy) is 1. The second-order valence-electron chi connectivity index (χ2n) is 5.47. The van der Waals surface area contributed by atoms with E-state index in [1.54, 1.807) is 11.8 Å². The second-order valence-corrected chi connectivity index (χ2v) is 5.47. The van der Waals surface area contributed by atoms with E-state index in [4.69, 9.17) is 4.74 Å². The van der Waals surface area contributed by atoms with Crippen molar-refractivity contribution >= 4 is 11.9 Å². The Balaban J connectivity index is 1.83. The van der Waals surface area contributed by atoms with Crippen LogP contribution in [0.1, 0.15) is 39.0 Å². The van der Waals surface area contributed by atoms with Crippen LogP contribution >= 0.6 is 0 Å². The molecule has 19 heavy (non-hydrogen) atoms. The van der Waals surface area contributed by atoms with Crippen LogP contribution in [0, 0.1) is 5.92 Å². The lowest BCUT2D eigenvalue weighted by molar-refractivity contribution is -0.149. The maximum absolute atomic E-state index is 12.3. The first-order valence-corrected chi connectivity index (χ1v) is 7.36. The first-order chi connectivity index (χ1) is 9.20. The van der Waals surface area contributed by atoms with E-state index < -0.39 is 0 Å². The molecule has 5 heteroatoms. The number of esters is 1. The molecule has 1 saturated carbocycles. The zero-order chi connectivity index (χ0) is 13.7. The number of hydrogen-bond acceptors (Lipinski definition) is 4. The van der Waals surface area contributed by atoms with Gasteiger partial charge in [-0.1, -0.05) is 0 Å². The van der Waals surface area contributed by atoms with Crippen molar-refractivity contribution in [2.75, 3.05) is 26.2 Å². The quantitative estimate of drug-likeness (QED) is 0.728. The van der Waals surface area contributed by atoms with Crippen molar-refractivity contribution in [1.82, 2.24) is 10.2 Å². The fourth-order valence-corrected chi connectivity index (χ4v) is 2.62. The molecule has 0 spiro atoms. The van der Waals surface area contributed by atoms with Crippen molar-refractivity contribution in [1.29, 1.82) is 0 Å². The van der Waals surface area contributed by atoms with Gasteiger partial charge in [0.25, 0.3) is 0 Å². The summed E-state index contributed by atoms with van der Waals surface area (Å²) >= 11 is 0. The van der Waals surface area contributed by atoms with E-state index >= 15 is 0 Å². The van der Waals surface area contributed by atoms with Crippen molar-refractivity contribution in [3.63, 3.8) is 0 Å². The van der Waals surface area contributed by atoms with Gasteiger partial charge in [-0.15, -0.1) is 0 Å². The van der Waals surface area contributed by atoms with E-state index in [1.165, 1.54) is 0 Å². The fourth-order valence-electron chi connectivity index (χ4n) is 2.62. The molecule has 108 valence electrons. The average Bonchev–Trinajstić information content (AvgIpc) is 3.21. The van der Waals surface area contributed by atoms with Gasteiger partial charge in [0.1, 0.15) is 6.54 Å². The van der Waals surface area contributed by atoms with E-state index in [1.807, 2.05) is 0 Å². The highest BCUT2D eigenvalue weighted by atomic mass is 16.5. The molecule has 2 rings (SSSR count). The minimum Gasteiger partial charge on any atom is -0.465 e. The first-order valence-electron chi connectivity index (χ1n) is 7.36. The maximum atomic E-state index is 12.3. The van der Waals surface area contributed by atoms with Gasteiger partial charge in [-0.25, -0.2) is 0 Å². The van der Waals surface area contributed by atoms with E-state index in [2.05, 4.69) is 5.32 Å². The molecule has 0 radical (unpaired) electrons. The predicted octanol–water partition coefficient (Wildman–Crippen LogP) is 0.930. The number of hydrogen-bond donors (Lipinski definition) is 1. The fraction of sp³-hybridized carbons (Fsp3) is 0.857. The van der Waals surface area contributed by atoms with Crippen LogP contribution in [-0.4, -0.2) is 49.1 Å². The third-order valence-electron chi connectivity index (χ3n) is 3.77. The summed E-state index contributed by atoms with van der Waals surface area (Å²) in [5.41, 5.74) is 0. The molecule has 1 unspecified atom stereocenters. The Morgan fingerprint density at radius 2 is 2.11 bits per heavy atom. The Bertz CT molecular complexity index is 323. The van der Waals surface area contributed by atoms with Crippen molar-refractivity contribution in [2.24, 2.45) is 5.92 Å². The lowest BCUT2D eigenvalue weighted by Crippen LogP contribution is -2.41. The van der Waals surface area contributed by atoms with Gasteiger partial charge in [-0.3, -0.25) is 9.59 Å². The summed E-state index contributed by atoms with van der Waals surface area (Å²) in [5, 5.41) is 3.32. The highest BCUT2D eigenvalue weighted by molar-refractivity contribution is 5.82. The number of piperidine rings is 1. The summed E-state index contributed by atoms with van der Waals surface area (Å²) < 4.78 is 4.95. The number of carbonyl (C=O) groups is 2. The van der Waals surface area contributed by atoms with E-state index in [9.17, 15) is 9.59 Å². The molecule has 0 aromatic carbocycles. The molecular formula is C14H24N2O3. The van der Waals surface area contributed by atoms with Crippen LogP contribution in [0.15, 0.2) is 0 Å². The van der Waals surface area contributed by atoms with Gasteiger partial charge in [0.2, 0.25) is 5.91 Å². The third-order valence-corrected chi connectivity index (χ3v) is 3.77. The largest absolute Gasteiger partial charge is 0.465 e. The molecule has 1 saturated heterocycles. The Labute approximate surface area is 114 Å². The van der Waals surface area contributed by atoms with Crippen LogP contribution in [0.2, 0.25) is 0 Å². The number of amides is 1. The molecule has 1 heterocycles. The highest BCUT2D eigenvalue weighted by Crippen LogP contribution is 2.28. The number of rotatable bonds is 6. The van der Waals surface area contributed by atoms with Gasteiger partial charge in [-0.05, 0) is 51.6 Å². The molecule has 1 atom stereocenters. The smallest absolute Gasteiger partial charge is 0.325 e.